The fourth-order valence-corrected chi connectivity index (χ4v) is 4.54. The molecule has 2 aromatic carbocycles. The van der Waals surface area contributed by atoms with Crippen LogP contribution in [0.25, 0.3) is 16.7 Å². The Bertz CT molecular complexity index is 1550. The van der Waals surface area contributed by atoms with E-state index in [2.05, 4.69) is 11.2 Å². The number of nitrogens with two attached hydrogens (primary N) is 1. The zero-order valence-corrected chi connectivity index (χ0v) is 18.1. The van der Waals surface area contributed by atoms with Crippen molar-refractivity contribution < 1.29 is 9.15 Å². The van der Waals surface area contributed by atoms with E-state index in [1.807, 2.05) is 0 Å². The molecule has 0 amide bonds. The molecule has 3 heterocycles. The van der Waals surface area contributed by atoms with E-state index in [9.17, 15) is 10.1 Å². The summed E-state index contributed by atoms with van der Waals surface area (Å²) in [6, 6.07) is 16.0. The maximum absolute atomic E-state index is 13.1. The van der Waals surface area contributed by atoms with Crippen LogP contribution in [-0.2, 0) is 0 Å². The molecule has 0 saturated carbocycles. The first kappa shape index (κ1) is 20.2. The van der Waals surface area contributed by atoms with Gasteiger partial charge in [0.2, 0.25) is 5.88 Å². The van der Waals surface area contributed by atoms with Crippen LogP contribution in [0.5, 0.6) is 5.75 Å². The molecule has 0 saturated heterocycles. The molecule has 2 N–H and O–H groups in total. The average Bonchev–Trinajstić information content (AvgIpc) is 3.06. The van der Waals surface area contributed by atoms with Gasteiger partial charge in [0, 0.05) is 10.6 Å². The zero-order valence-electron chi connectivity index (χ0n) is 16.6. The van der Waals surface area contributed by atoms with E-state index in [4.69, 9.17) is 38.1 Å². The van der Waals surface area contributed by atoms with Gasteiger partial charge in [0.25, 0.3) is 0 Å². The lowest BCUT2D eigenvalue weighted by molar-refractivity contribution is 0.388. The summed E-state index contributed by atoms with van der Waals surface area (Å²) in [7, 11) is 0. The molecule has 32 heavy (non-hydrogen) atoms. The summed E-state index contributed by atoms with van der Waals surface area (Å²) >= 11 is 12.9. The van der Waals surface area contributed by atoms with Gasteiger partial charge in [-0.1, -0.05) is 41.4 Å². The number of halogens is 2. The lowest BCUT2D eigenvalue weighted by atomic mass is 9.84. The summed E-state index contributed by atoms with van der Waals surface area (Å²) < 4.78 is 12.8. The zero-order chi connectivity index (χ0) is 22.6. The van der Waals surface area contributed by atoms with Crippen molar-refractivity contribution in [3.05, 3.63) is 97.4 Å². The Morgan fingerprint density at radius 1 is 1.16 bits per heavy atom. The van der Waals surface area contributed by atoms with E-state index < -0.39 is 11.5 Å². The number of hydrogen-bond acceptors (Lipinski definition) is 6. The maximum atomic E-state index is 13.1. The Kier molecular flexibility index (Phi) is 4.70. The van der Waals surface area contributed by atoms with E-state index in [1.54, 1.807) is 55.5 Å². The topological polar surface area (TPSA) is 107 Å². The van der Waals surface area contributed by atoms with Gasteiger partial charge in [-0.15, -0.1) is 0 Å². The maximum Gasteiger partial charge on any atom is 0.344 e. The van der Waals surface area contributed by atoms with Gasteiger partial charge in [-0.2, -0.15) is 10.4 Å². The number of aryl methyl sites for hydroxylation is 1. The van der Waals surface area contributed by atoms with Crippen LogP contribution in [0.3, 0.4) is 0 Å². The highest BCUT2D eigenvalue weighted by molar-refractivity contribution is 6.31. The number of allylic oxidation sites excluding steroid dienone is 1. The van der Waals surface area contributed by atoms with Crippen LogP contribution < -0.4 is 16.1 Å². The van der Waals surface area contributed by atoms with Crippen LogP contribution in [0, 0.1) is 18.3 Å². The van der Waals surface area contributed by atoms with E-state index >= 15 is 0 Å². The smallest absolute Gasteiger partial charge is 0.344 e. The second-order valence-corrected chi connectivity index (χ2v) is 8.03. The van der Waals surface area contributed by atoms with Crippen molar-refractivity contribution in [1.82, 2.24) is 9.78 Å². The van der Waals surface area contributed by atoms with Crippen LogP contribution in [0.2, 0.25) is 10.2 Å². The number of nitriles is 1. The minimum absolute atomic E-state index is 0.0516. The third-order valence-electron chi connectivity index (χ3n) is 5.36. The van der Waals surface area contributed by atoms with Gasteiger partial charge in [-0.3, -0.25) is 0 Å². The standard InChI is InChI=1S/C23H14Cl2N4O3/c1-11-17(21(25)29(28-11)13-6-4-5-12(24)9-13)18-15(10-26)22(27)32-20-14-7-2-3-8-16(14)31-23(30)19(18)20/h2-9,18H,27H2,1H3. The monoisotopic (exact) mass is 464 g/mol. The summed E-state index contributed by atoms with van der Waals surface area (Å²) in [5, 5.41) is 15.7. The molecule has 4 aromatic rings. The molecular formula is C23H14Cl2N4O3. The summed E-state index contributed by atoms with van der Waals surface area (Å²) in [6.45, 7) is 1.74. The highest BCUT2D eigenvalue weighted by atomic mass is 35.5. The van der Waals surface area contributed by atoms with Crippen LogP contribution in [0.1, 0.15) is 22.7 Å². The van der Waals surface area contributed by atoms with Crippen molar-refractivity contribution in [3.8, 4) is 17.5 Å². The Hall–Kier alpha value is -3.73. The molecule has 1 unspecified atom stereocenters. The second-order valence-electron chi connectivity index (χ2n) is 7.23. The fraction of sp³-hybridized carbons (Fsp3) is 0.0870. The normalized spacial score (nSPS) is 15.4. The van der Waals surface area contributed by atoms with E-state index in [1.165, 1.54) is 4.68 Å². The number of aromatic nitrogens is 2. The molecule has 0 spiro atoms. The number of nitrogens with zero attached hydrogens (tertiary/aromatic N) is 3. The number of ether oxygens (including phenoxy) is 1. The van der Waals surface area contributed by atoms with Gasteiger partial charge in [0.1, 0.15) is 22.4 Å². The fourth-order valence-electron chi connectivity index (χ4n) is 3.97. The molecular weight excluding hydrogens is 451 g/mol. The molecule has 1 aliphatic heterocycles. The molecule has 0 radical (unpaired) electrons. The molecule has 7 nitrogen and oxygen atoms in total. The van der Waals surface area contributed by atoms with Crippen molar-refractivity contribution in [2.24, 2.45) is 5.73 Å². The Morgan fingerprint density at radius 3 is 2.69 bits per heavy atom. The van der Waals surface area contributed by atoms with Gasteiger partial charge >= 0.3 is 5.63 Å². The van der Waals surface area contributed by atoms with E-state index in [0.717, 1.165) is 0 Å². The van der Waals surface area contributed by atoms with Gasteiger partial charge in [0.05, 0.1) is 28.2 Å². The number of hydrogen-bond donors (Lipinski definition) is 1. The summed E-state index contributed by atoms with van der Waals surface area (Å²) in [5.41, 5.74) is 7.63. The molecule has 9 heteroatoms. The largest absolute Gasteiger partial charge is 0.439 e. The predicted molar refractivity (Wildman–Crippen MR) is 120 cm³/mol. The van der Waals surface area contributed by atoms with Crippen molar-refractivity contribution in [2.45, 2.75) is 12.8 Å². The minimum Gasteiger partial charge on any atom is -0.439 e. The molecule has 2 aromatic heterocycles. The Labute approximate surface area is 191 Å². The van der Waals surface area contributed by atoms with Crippen molar-refractivity contribution in [2.75, 3.05) is 0 Å². The molecule has 0 fully saturated rings. The first-order valence-corrected chi connectivity index (χ1v) is 10.3. The molecule has 0 bridgehead atoms. The SMILES string of the molecule is Cc1nn(-c2cccc(Cl)c2)c(Cl)c1C1C(C#N)=C(N)Oc2c1c(=O)oc1ccccc21. The molecule has 158 valence electrons. The van der Waals surface area contributed by atoms with Gasteiger partial charge in [0.15, 0.2) is 5.75 Å². The summed E-state index contributed by atoms with van der Waals surface area (Å²) in [6.07, 6.45) is 0. The van der Waals surface area contributed by atoms with Gasteiger partial charge in [-0.05, 0) is 37.3 Å². The molecule has 5 rings (SSSR count). The van der Waals surface area contributed by atoms with Crippen molar-refractivity contribution >= 4 is 34.2 Å². The average molecular weight is 465 g/mol. The van der Waals surface area contributed by atoms with Crippen molar-refractivity contribution in [1.29, 1.82) is 5.26 Å². The number of rotatable bonds is 2. The quantitative estimate of drug-likeness (QED) is 0.426. The number of fused-ring (bicyclic) bond motifs is 3. The minimum atomic E-state index is -0.912. The lowest BCUT2D eigenvalue weighted by Crippen LogP contribution is -2.26. The summed E-state index contributed by atoms with van der Waals surface area (Å²) in [4.78, 5) is 13.1. The molecule has 0 aliphatic carbocycles. The highest BCUT2D eigenvalue weighted by Crippen LogP contribution is 2.46. The van der Waals surface area contributed by atoms with Crippen LogP contribution >= 0.6 is 23.2 Å². The van der Waals surface area contributed by atoms with Crippen LogP contribution in [0.4, 0.5) is 0 Å². The first-order valence-electron chi connectivity index (χ1n) is 9.55. The first-order chi connectivity index (χ1) is 15.4. The number of benzene rings is 2. The van der Waals surface area contributed by atoms with E-state index in [-0.39, 0.29) is 27.9 Å². The third-order valence-corrected chi connectivity index (χ3v) is 5.96. The summed E-state index contributed by atoms with van der Waals surface area (Å²) in [5.74, 6) is -0.777. The van der Waals surface area contributed by atoms with E-state index in [0.29, 0.717) is 32.9 Å². The highest BCUT2D eigenvalue weighted by Gasteiger charge is 2.39. The number of para-hydroxylation sites is 1. The van der Waals surface area contributed by atoms with Crippen molar-refractivity contribution in [3.63, 3.8) is 0 Å². The Balaban J connectivity index is 1.82. The Morgan fingerprint density at radius 2 is 1.94 bits per heavy atom. The van der Waals surface area contributed by atoms with Crippen LogP contribution in [-0.4, -0.2) is 9.78 Å². The third kappa shape index (κ3) is 2.96. The van der Waals surface area contributed by atoms with Crippen LogP contribution in [0.15, 0.2) is 69.2 Å². The lowest BCUT2D eigenvalue weighted by Gasteiger charge is -2.25. The second kappa shape index (κ2) is 7.45. The van der Waals surface area contributed by atoms with Gasteiger partial charge in [-0.25, -0.2) is 9.48 Å². The molecule has 1 aliphatic rings. The predicted octanol–water partition coefficient (Wildman–Crippen LogP) is 4.81. The van der Waals surface area contributed by atoms with Gasteiger partial charge < -0.3 is 14.9 Å². The molecule has 1 atom stereocenters.